The van der Waals surface area contributed by atoms with E-state index in [2.05, 4.69) is 19.2 Å². The minimum atomic E-state index is -5.08. The van der Waals surface area contributed by atoms with Crippen molar-refractivity contribution in [3.8, 4) is 0 Å². The standard InChI is InChI=1S/C14H23N3O.C2HF3O2/c1-9(2)8-17-10(3)16-14(13(17)18)5-4-11-6-15-7-12(11)14;3-2(4,5)1(6)7/h9,11-12,15H,4-8H2,1-3H3;(H,6,7)/t11-,12+,14-;/m1./s1. The molecule has 2 N–H and O–H groups in total. The highest BCUT2D eigenvalue weighted by molar-refractivity contribution is 6.07. The first kappa shape index (κ1) is 19.7. The van der Waals surface area contributed by atoms with E-state index in [0.29, 0.717) is 17.8 Å². The average molecular weight is 363 g/mol. The maximum atomic E-state index is 12.8. The van der Waals surface area contributed by atoms with Crippen molar-refractivity contribution >= 4 is 17.7 Å². The molecule has 6 nitrogen and oxygen atoms in total. The van der Waals surface area contributed by atoms with Gasteiger partial charge in [-0.25, -0.2) is 4.79 Å². The van der Waals surface area contributed by atoms with Crippen LogP contribution in [-0.4, -0.2) is 59.1 Å². The number of amidine groups is 1. The van der Waals surface area contributed by atoms with E-state index in [1.54, 1.807) is 0 Å². The molecule has 0 radical (unpaired) electrons. The van der Waals surface area contributed by atoms with E-state index in [1.807, 2.05) is 11.8 Å². The van der Waals surface area contributed by atoms with Gasteiger partial charge in [0.05, 0.1) is 0 Å². The number of amides is 1. The third-order valence-corrected chi connectivity index (χ3v) is 5.01. The zero-order valence-electron chi connectivity index (χ0n) is 14.6. The Morgan fingerprint density at radius 1 is 1.44 bits per heavy atom. The summed E-state index contributed by atoms with van der Waals surface area (Å²) in [6.07, 6.45) is -2.98. The number of hydrogen-bond donors (Lipinski definition) is 2. The minimum absolute atomic E-state index is 0.268. The molecule has 0 aromatic carbocycles. The third kappa shape index (κ3) is 3.80. The van der Waals surface area contributed by atoms with Gasteiger partial charge in [0.25, 0.3) is 5.91 Å². The molecule has 25 heavy (non-hydrogen) atoms. The maximum Gasteiger partial charge on any atom is 0.490 e. The lowest BCUT2D eigenvalue weighted by atomic mass is 9.85. The summed E-state index contributed by atoms with van der Waals surface area (Å²) in [4.78, 5) is 28.5. The van der Waals surface area contributed by atoms with Crippen molar-refractivity contribution in [1.82, 2.24) is 10.2 Å². The Bertz CT molecular complexity index is 577. The fourth-order valence-corrected chi connectivity index (χ4v) is 3.95. The topological polar surface area (TPSA) is 82.0 Å². The van der Waals surface area contributed by atoms with Gasteiger partial charge in [-0.2, -0.15) is 13.2 Å². The molecule has 3 aliphatic rings. The predicted octanol–water partition coefficient (Wildman–Crippen LogP) is 1.90. The fraction of sp³-hybridized carbons (Fsp3) is 0.812. The lowest BCUT2D eigenvalue weighted by molar-refractivity contribution is -0.192. The molecule has 142 valence electrons. The number of halogens is 3. The van der Waals surface area contributed by atoms with Crippen molar-refractivity contribution < 1.29 is 27.9 Å². The number of rotatable bonds is 2. The number of carbonyl (C=O) groups excluding carboxylic acids is 1. The number of aliphatic carboxylic acids is 1. The Hall–Kier alpha value is -1.64. The summed E-state index contributed by atoms with van der Waals surface area (Å²) in [5, 5.41) is 10.6. The quantitative estimate of drug-likeness (QED) is 0.785. The summed E-state index contributed by atoms with van der Waals surface area (Å²) in [7, 11) is 0. The number of hydrogen-bond acceptors (Lipinski definition) is 4. The van der Waals surface area contributed by atoms with Crippen molar-refractivity contribution in [2.75, 3.05) is 19.6 Å². The van der Waals surface area contributed by atoms with E-state index < -0.39 is 17.7 Å². The molecule has 0 unspecified atom stereocenters. The number of nitrogens with zero attached hydrogens (tertiary/aromatic N) is 2. The molecular weight excluding hydrogens is 339 g/mol. The monoisotopic (exact) mass is 363 g/mol. The van der Waals surface area contributed by atoms with Gasteiger partial charge in [0.1, 0.15) is 11.4 Å². The molecule has 0 bridgehead atoms. The average Bonchev–Trinajstić information content (AvgIpc) is 3.12. The largest absolute Gasteiger partial charge is 0.490 e. The molecule has 2 aliphatic heterocycles. The van der Waals surface area contributed by atoms with E-state index in [4.69, 9.17) is 14.9 Å². The lowest BCUT2D eigenvalue weighted by Crippen LogP contribution is -2.47. The maximum absolute atomic E-state index is 12.8. The van der Waals surface area contributed by atoms with Gasteiger partial charge in [-0.3, -0.25) is 14.7 Å². The summed E-state index contributed by atoms with van der Waals surface area (Å²) >= 11 is 0. The summed E-state index contributed by atoms with van der Waals surface area (Å²) in [6, 6.07) is 0. The van der Waals surface area contributed by atoms with Crippen LogP contribution >= 0.6 is 0 Å². The highest BCUT2D eigenvalue weighted by atomic mass is 19.4. The first-order valence-electron chi connectivity index (χ1n) is 8.38. The van der Waals surface area contributed by atoms with Crippen LogP contribution < -0.4 is 5.32 Å². The van der Waals surface area contributed by atoms with Gasteiger partial charge in [0, 0.05) is 19.0 Å². The number of fused-ring (bicyclic) bond motifs is 2. The summed E-state index contributed by atoms with van der Waals surface area (Å²) in [6.45, 7) is 9.13. The van der Waals surface area contributed by atoms with E-state index >= 15 is 0 Å². The number of carboxylic acids is 1. The number of aliphatic imine (C=N–C) groups is 1. The summed E-state index contributed by atoms with van der Waals surface area (Å²) in [5.41, 5.74) is -0.410. The molecule has 2 heterocycles. The van der Waals surface area contributed by atoms with E-state index in [-0.39, 0.29) is 5.91 Å². The minimum Gasteiger partial charge on any atom is -0.475 e. The van der Waals surface area contributed by atoms with Gasteiger partial charge in [-0.15, -0.1) is 0 Å². The first-order chi connectivity index (χ1) is 11.5. The second-order valence-electron chi connectivity index (χ2n) is 7.26. The molecule has 1 aliphatic carbocycles. The molecule has 1 amide bonds. The molecule has 1 saturated carbocycles. The van der Waals surface area contributed by atoms with E-state index in [1.165, 1.54) is 0 Å². The van der Waals surface area contributed by atoms with Crippen LogP contribution in [0.15, 0.2) is 4.99 Å². The Kier molecular flexibility index (Phi) is 5.46. The van der Waals surface area contributed by atoms with Gasteiger partial charge in [-0.1, -0.05) is 13.8 Å². The van der Waals surface area contributed by atoms with Crippen LogP contribution in [0.1, 0.15) is 33.6 Å². The van der Waals surface area contributed by atoms with E-state index in [0.717, 1.165) is 38.3 Å². The van der Waals surface area contributed by atoms with Crippen molar-refractivity contribution in [3.05, 3.63) is 0 Å². The van der Waals surface area contributed by atoms with Gasteiger partial charge in [0.15, 0.2) is 0 Å². The van der Waals surface area contributed by atoms with Crippen LogP contribution in [-0.2, 0) is 9.59 Å². The third-order valence-electron chi connectivity index (χ3n) is 5.01. The second-order valence-corrected chi connectivity index (χ2v) is 7.26. The number of carboxylic acid groups (broad SMARTS) is 1. The Labute approximate surface area is 144 Å². The molecule has 1 spiro atoms. The van der Waals surface area contributed by atoms with Gasteiger partial charge < -0.3 is 10.4 Å². The first-order valence-corrected chi connectivity index (χ1v) is 8.38. The van der Waals surface area contributed by atoms with Gasteiger partial charge in [-0.05, 0) is 38.1 Å². The SMILES string of the molecule is CC1=N[C@@]2(CC[C@@H]3CNC[C@@H]32)C(=O)N1CC(C)C.O=C(O)C(F)(F)F. The highest BCUT2D eigenvalue weighted by Crippen LogP contribution is 2.48. The van der Waals surface area contributed by atoms with Crippen LogP contribution in [0.25, 0.3) is 0 Å². The summed E-state index contributed by atoms with van der Waals surface area (Å²) < 4.78 is 31.7. The van der Waals surface area contributed by atoms with Crippen molar-refractivity contribution in [3.63, 3.8) is 0 Å². The molecule has 2 fully saturated rings. The van der Waals surface area contributed by atoms with Crippen LogP contribution in [0.4, 0.5) is 13.2 Å². The second kappa shape index (κ2) is 6.93. The van der Waals surface area contributed by atoms with Gasteiger partial charge in [0.2, 0.25) is 0 Å². The Morgan fingerprint density at radius 3 is 2.56 bits per heavy atom. The smallest absolute Gasteiger partial charge is 0.475 e. The zero-order chi connectivity index (χ0) is 19.0. The van der Waals surface area contributed by atoms with Gasteiger partial charge >= 0.3 is 12.1 Å². The molecule has 3 rings (SSSR count). The van der Waals surface area contributed by atoms with Crippen molar-refractivity contribution in [2.24, 2.45) is 22.7 Å². The number of carbonyl (C=O) groups is 2. The Balaban J connectivity index is 0.000000277. The van der Waals surface area contributed by atoms with Crippen LogP contribution in [0, 0.1) is 17.8 Å². The van der Waals surface area contributed by atoms with Crippen LogP contribution in [0.5, 0.6) is 0 Å². The normalized spacial score (nSPS) is 31.2. The lowest BCUT2D eigenvalue weighted by Gasteiger charge is -2.27. The van der Waals surface area contributed by atoms with Crippen LogP contribution in [0.2, 0.25) is 0 Å². The van der Waals surface area contributed by atoms with Crippen molar-refractivity contribution in [2.45, 2.75) is 45.3 Å². The molecule has 9 heteroatoms. The number of alkyl halides is 3. The molecule has 1 saturated heterocycles. The molecule has 0 aromatic heterocycles. The zero-order valence-corrected chi connectivity index (χ0v) is 14.6. The summed E-state index contributed by atoms with van der Waals surface area (Å²) in [5.74, 6) is 0.0217. The molecular formula is C16H24F3N3O3. The predicted molar refractivity (Wildman–Crippen MR) is 85.2 cm³/mol. The number of nitrogens with one attached hydrogen (secondary N) is 1. The van der Waals surface area contributed by atoms with Crippen molar-refractivity contribution in [1.29, 1.82) is 0 Å². The van der Waals surface area contributed by atoms with Crippen LogP contribution in [0.3, 0.4) is 0 Å². The Morgan fingerprint density at radius 2 is 2.04 bits per heavy atom. The molecule has 3 atom stereocenters. The highest BCUT2D eigenvalue weighted by Gasteiger charge is 2.59. The molecule has 0 aromatic rings. The van der Waals surface area contributed by atoms with E-state index in [9.17, 15) is 18.0 Å². The fourth-order valence-electron chi connectivity index (χ4n) is 3.95.